The minimum atomic E-state index is -0.818. The summed E-state index contributed by atoms with van der Waals surface area (Å²) in [5, 5.41) is 5.34. The summed E-state index contributed by atoms with van der Waals surface area (Å²) in [7, 11) is 1.26. The van der Waals surface area contributed by atoms with Gasteiger partial charge in [-0.2, -0.15) is 0 Å². The molecule has 4 N–H and O–H groups in total. The first-order valence-corrected chi connectivity index (χ1v) is 7.42. The summed E-state index contributed by atoms with van der Waals surface area (Å²) in [6.07, 6.45) is 3.79. The first-order chi connectivity index (χ1) is 10.0. The highest BCUT2D eigenvalue weighted by Gasteiger charge is 2.33. The second-order valence-electron chi connectivity index (χ2n) is 5.88. The maximum absolute atomic E-state index is 12.0. The Hall–Kier alpha value is -1.63. The number of amides is 2. The molecule has 7 nitrogen and oxygen atoms in total. The van der Waals surface area contributed by atoms with Crippen LogP contribution < -0.4 is 16.4 Å². The Labute approximate surface area is 124 Å². The minimum absolute atomic E-state index is 0.0829. The van der Waals surface area contributed by atoms with Gasteiger partial charge < -0.3 is 21.1 Å². The molecule has 0 aromatic carbocycles. The van der Waals surface area contributed by atoms with Crippen molar-refractivity contribution in [1.29, 1.82) is 0 Å². The SMILES string of the molecule is COC(=O)C(CC1CCNC1=O)NC(=O)C(N)CC1CC1. The molecule has 118 valence electrons. The van der Waals surface area contributed by atoms with E-state index in [0.717, 1.165) is 12.8 Å². The van der Waals surface area contributed by atoms with Crippen molar-refractivity contribution in [3.05, 3.63) is 0 Å². The van der Waals surface area contributed by atoms with Crippen molar-refractivity contribution in [2.75, 3.05) is 13.7 Å². The van der Waals surface area contributed by atoms with Gasteiger partial charge in [0.25, 0.3) is 0 Å². The van der Waals surface area contributed by atoms with E-state index in [1.165, 1.54) is 7.11 Å². The molecule has 0 spiro atoms. The second kappa shape index (κ2) is 6.89. The monoisotopic (exact) mass is 297 g/mol. The summed E-state index contributed by atoms with van der Waals surface area (Å²) in [5.74, 6) is -0.713. The van der Waals surface area contributed by atoms with Crippen molar-refractivity contribution < 1.29 is 19.1 Å². The van der Waals surface area contributed by atoms with E-state index in [-0.39, 0.29) is 24.2 Å². The molecule has 0 aromatic rings. The standard InChI is InChI=1S/C14H23N3O4/c1-21-14(20)11(7-9-4-5-16-12(9)18)17-13(19)10(15)6-8-2-3-8/h8-11H,2-7,15H2,1H3,(H,16,18)(H,17,19). The molecule has 2 amide bonds. The van der Waals surface area contributed by atoms with Gasteiger partial charge in [0.15, 0.2) is 0 Å². The summed E-state index contributed by atoms with van der Waals surface area (Å²) in [5.41, 5.74) is 5.84. The highest BCUT2D eigenvalue weighted by Crippen LogP contribution is 2.33. The molecular formula is C14H23N3O4. The zero-order valence-corrected chi connectivity index (χ0v) is 12.3. The van der Waals surface area contributed by atoms with Gasteiger partial charge in [0, 0.05) is 12.5 Å². The van der Waals surface area contributed by atoms with Crippen molar-refractivity contribution in [2.45, 2.75) is 44.2 Å². The van der Waals surface area contributed by atoms with Crippen LogP contribution in [0.4, 0.5) is 0 Å². The molecule has 3 unspecified atom stereocenters. The van der Waals surface area contributed by atoms with E-state index in [2.05, 4.69) is 10.6 Å². The highest BCUT2D eigenvalue weighted by molar-refractivity contribution is 5.88. The Morgan fingerprint density at radius 3 is 2.62 bits per heavy atom. The van der Waals surface area contributed by atoms with Crippen LogP contribution in [-0.4, -0.2) is 43.5 Å². The number of ether oxygens (including phenoxy) is 1. The van der Waals surface area contributed by atoms with Crippen LogP contribution in [0.1, 0.15) is 32.1 Å². The molecule has 0 bridgehead atoms. The zero-order chi connectivity index (χ0) is 15.4. The average Bonchev–Trinajstić information content (AvgIpc) is 3.19. The fourth-order valence-electron chi connectivity index (χ4n) is 2.61. The number of nitrogens with one attached hydrogen (secondary N) is 2. The molecule has 3 atom stereocenters. The fourth-order valence-corrected chi connectivity index (χ4v) is 2.61. The molecule has 0 aromatic heterocycles. The summed E-state index contributed by atoms with van der Waals surface area (Å²) >= 11 is 0. The lowest BCUT2D eigenvalue weighted by Gasteiger charge is -2.21. The largest absolute Gasteiger partial charge is 0.467 e. The summed E-state index contributed by atoms with van der Waals surface area (Å²) in [6.45, 7) is 0.604. The number of methoxy groups -OCH3 is 1. The normalized spacial score (nSPS) is 24.1. The third-order valence-electron chi connectivity index (χ3n) is 4.11. The third-order valence-corrected chi connectivity index (χ3v) is 4.11. The van der Waals surface area contributed by atoms with Crippen LogP contribution in [0.2, 0.25) is 0 Å². The fraction of sp³-hybridized carbons (Fsp3) is 0.786. The van der Waals surface area contributed by atoms with Crippen LogP contribution in [-0.2, 0) is 19.1 Å². The smallest absolute Gasteiger partial charge is 0.328 e. The second-order valence-corrected chi connectivity index (χ2v) is 5.88. The molecule has 2 aliphatic rings. The number of hydrogen-bond acceptors (Lipinski definition) is 5. The van der Waals surface area contributed by atoms with Gasteiger partial charge in [-0.05, 0) is 25.2 Å². The lowest BCUT2D eigenvalue weighted by atomic mass is 9.98. The van der Waals surface area contributed by atoms with Crippen LogP contribution in [0.25, 0.3) is 0 Å². The molecule has 2 fully saturated rings. The van der Waals surface area contributed by atoms with Gasteiger partial charge in [-0.15, -0.1) is 0 Å². The van der Waals surface area contributed by atoms with Crippen LogP contribution >= 0.6 is 0 Å². The predicted octanol–water partition coefficient (Wildman–Crippen LogP) is -0.702. The number of rotatable bonds is 7. The first kappa shape index (κ1) is 15.8. The van der Waals surface area contributed by atoms with Crippen LogP contribution in [0, 0.1) is 11.8 Å². The Morgan fingerprint density at radius 1 is 1.38 bits per heavy atom. The van der Waals surface area contributed by atoms with E-state index in [1.54, 1.807) is 0 Å². The number of carbonyl (C=O) groups is 3. The Bertz CT molecular complexity index is 422. The molecular weight excluding hydrogens is 274 g/mol. The Morgan fingerprint density at radius 2 is 2.10 bits per heavy atom. The lowest BCUT2D eigenvalue weighted by molar-refractivity contribution is -0.146. The van der Waals surface area contributed by atoms with E-state index in [1.807, 2.05) is 0 Å². The molecule has 0 radical (unpaired) electrons. The van der Waals surface area contributed by atoms with Crippen molar-refractivity contribution in [2.24, 2.45) is 17.6 Å². The van der Waals surface area contributed by atoms with E-state index < -0.39 is 18.1 Å². The highest BCUT2D eigenvalue weighted by atomic mass is 16.5. The summed E-state index contributed by atoms with van der Waals surface area (Å²) < 4.78 is 4.71. The number of carbonyl (C=O) groups excluding carboxylic acids is 3. The van der Waals surface area contributed by atoms with Crippen molar-refractivity contribution in [3.63, 3.8) is 0 Å². The number of esters is 1. The first-order valence-electron chi connectivity index (χ1n) is 7.42. The molecule has 1 saturated heterocycles. The molecule has 1 aliphatic heterocycles. The quantitative estimate of drug-likeness (QED) is 0.538. The molecule has 2 rings (SSSR count). The van der Waals surface area contributed by atoms with Crippen LogP contribution in [0.15, 0.2) is 0 Å². The van der Waals surface area contributed by atoms with E-state index in [0.29, 0.717) is 25.3 Å². The van der Waals surface area contributed by atoms with Crippen molar-refractivity contribution >= 4 is 17.8 Å². The topological polar surface area (TPSA) is 111 Å². The Balaban J connectivity index is 1.90. The van der Waals surface area contributed by atoms with Gasteiger partial charge >= 0.3 is 5.97 Å². The Kier molecular flexibility index (Phi) is 5.17. The van der Waals surface area contributed by atoms with E-state index in [9.17, 15) is 14.4 Å². The minimum Gasteiger partial charge on any atom is -0.467 e. The summed E-state index contributed by atoms with van der Waals surface area (Å²) in [6, 6.07) is -1.43. The predicted molar refractivity (Wildman–Crippen MR) is 75.0 cm³/mol. The van der Waals surface area contributed by atoms with Crippen LogP contribution in [0.5, 0.6) is 0 Å². The van der Waals surface area contributed by atoms with Crippen molar-refractivity contribution in [1.82, 2.24) is 10.6 Å². The van der Waals surface area contributed by atoms with Crippen molar-refractivity contribution in [3.8, 4) is 0 Å². The van der Waals surface area contributed by atoms with Gasteiger partial charge in [-0.1, -0.05) is 12.8 Å². The lowest BCUT2D eigenvalue weighted by Crippen LogP contribution is -2.49. The van der Waals surface area contributed by atoms with E-state index in [4.69, 9.17) is 10.5 Å². The molecule has 21 heavy (non-hydrogen) atoms. The van der Waals surface area contributed by atoms with Gasteiger partial charge in [-0.3, -0.25) is 9.59 Å². The van der Waals surface area contributed by atoms with Gasteiger partial charge in [-0.25, -0.2) is 4.79 Å². The van der Waals surface area contributed by atoms with Gasteiger partial charge in [0.05, 0.1) is 13.2 Å². The molecule has 1 heterocycles. The van der Waals surface area contributed by atoms with E-state index >= 15 is 0 Å². The molecule has 1 saturated carbocycles. The maximum Gasteiger partial charge on any atom is 0.328 e. The average molecular weight is 297 g/mol. The zero-order valence-electron chi connectivity index (χ0n) is 12.3. The van der Waals surface area contributed by atoms with Gasteiger partial charge in [0.2, 0.25) is 11.8 Å². The summed E-state index contributed by atoms with van der Waals surface area (Å²) in [4.78, 5) is 35.4. The molecule has 7 heteroatoms. The third kappa shape index (κ3) is 4.42. The number of hydrogen-bond donors (Lipinski definition) is 3. The van der Waals surface area contributed by atoms with Gasteiger partial charge in [0.1, 0.15) is 6.04 Å². The van der Waals surface area contributed by atoms with Crippen LogP contribution in [0.3, 0.4) is 0 Å². The molecule has 1 aliphatic carbocycles. The number of nitrogens with two attached hydrogens (primary N) is 1. The maximum atomic E-state index is 12.0.